The fraction of sp³-hybridized carbons (Fsp3) is 0.409. The lowest BCUT2D eigenvalue weighted by Gasteiger charge is -2.12. The van der Waals surface area contributed by atoms with Crippen molar-refractivity contribution in [1.82, 2.24) is 9.55 Å². The molecule has 6 nitrogen and oxygen atoms in total. The SMILES string of the molecule is CCCOc1ccc(Cl)cc1NC(=O)c1sc2nc3n(c(=O)c2c1C)CCCCC3. The normalized spacial score (nSPS) is 13.7. The van der Waals surface area contributed by atoms with E-state index in [-0.39, 0.29) is 11.5 Å². The van der Waals surface area contributed by atoms with Crippen molar-refractivity contribution in [2.75, 3.05) is 11.9 Å². The molecule has 0 aliphatic carbocycles. The Morgan fingerprint density at radius 3 is 2.97 bits per heavy atom. The van der Waals surface area contributed by atoms with Gasteiger partial charge in [0, 0.05) is 18.0 Å². The molecular formula is C22H24ClN3O3S. The summed E-state index contributed by atoms with van der Waals surface area (Å²) in [6, 6.07) is 5.14. The molecule has 1 N–H and O–H groups in total. The van der Waals surface area contributed by atoms with Crippen molar-refractivity contribution < 1.29 is 9.53 Å². The van der Waals surface area contributed by atoms with Crippen molar-refractivity contribution in [2.45, 2.75) is 52.5 Å². The van der Waals surface area contributed by atoms with Gasteiger partial charge in [-0.15, -0.1) is 11.3 Å². The van der Waals surface area contributed by atoms with E-state index in [1.165, 1.54) is 11.3 Å². The molecule has 1 amide bonds. The minimum absolute atomic E-state index is 0.0422. The molecule has 1 aromatic carbocycles. The van der Waals surface area contributed by atoms with E-state index in [0.29, 0.717) is 50.3 Å². The summed E-state index contributed by atoms with van der Waals surface area (Å²) >= 11 is 7.39. The van der Waals surface area contributed by atoms with Gasteiger partial charge in [0.25, 0.3) is 11.5 Å². The van der Waals surface area contributed by atoms with E-state index < -0.39 is 0 Å². The third kappa shape index (κ3) is 3.96. The van der Waals surface area contributed by atoms with Crippen LogP contribution in [0.3, 0.4) is 0 Å². The van der Waals surface area contributed by atoms with Crippen LogP contribution in [0.1, 0.15) is 53.7 Å². The van der Waals surface area contributed by atoms with Crippen molar-refractivity contribution in [3.8, 4) is 5.75 Å². The summed E-state index contributed by atoms with van der Waals surface area (Å²) < 4.78 is 7.51. The summed E-state index contributed by atoms with van der Waals surface area (Å²) in [5.74, 6) is 1.10. The number of fused-ring (bicyclic) bond motifs is 2. The van der Waals surface area contributed by atoms with Gasteiger partial charge in [0.1, 0.15) is 16.4 Å². The van der Waals surface area contributed by atoms with E-state index in [2.05, 4.69) is 5.32 Å². The van der Waals surface area contributed by atoms with E-state index in [4.69, 9.17) is 21.3 Å². The molecule has 30 heavy (non-hydrogen) atoms. The van der Waals surface area contributed by atoms with Crippen molar-refractivity contribution in [2.24, 2.45) is 0 Å². The summed E-state index contributed by atoms with van der Waals surface area (Å²) in [6.45, 7) is 5.06. The Morgan fingerprint density at radius 2 is 2.17 bits per heavy atom. The van der Waals surface area contributed by atoms with E-state index in [0.717, 1.165) is 37.9 Å². The zero-order valence-corrected chi connectivity index (χ0v) is 18.7. The number of hydrogen-bond acceptors (Lipinski definition) is 5. The molecule has 0 radical (unpaired) electrons. The first-order valence-electron chi connectivity index (χ1n) is 10.3. The van der Waals surface area contributed by atoms with E-state index in [1.807, 2.05) is 13.8 Å². The Balaban J connectivity index is 1.71. The van der Waals surface area contributed by atoms with Crippen molar-refractivity contribution in [3.63, 3.8) is 0 Å². The van der Waals surface area contributed by atoms with Gasteiger partial charge in [-0.05, 0) is 49.9 Å². The number of hydrogen-bond donors (Lipinski definition) is 1. The standard InChI is InChI=1S/C22H24ClN3O3S/c1-3-11-29-16-9-8-14(23)12-15(16)24-20(27)19-13(2)18-21(30-19)25-17-7-5-4-6-10-26(17)22(18)28/h8-9,12H,3-7,10-11H2,1-2H3,(H,24,27). The molecule has 0 atom stereocenters. The maximum Gasteiger partial charge on any atom is 0.266 e. The van der Waals surface area contributed by atoms with E-state index in [9.17, 15) is 9.59 Å². The molecule has 158 valence electrons. The predicted molar refractivity (Wildman–Crippen MR) is 121 cm³/mol. The van der Waals surface area contributed by atoms with Crippen LogP contribution in [0, 0.1) is 6.92 Å². The van der Waals surface area contributed by atoms with Crippen LogP contribution in [0.15, 0.2) is 23.0 Å². The largest absolute Gasteiger partial charge is 0.491 e. The molecule has 0 unspecified atom stereocenters. The van der Waals surface area contributed by atoms with Gasteiger partial charge in [-0.1, -0.05) is 24.9 Å². The maximum atomic E-state index is 13.1. The van der Waals surface area contributed by atoms with Gasteiger partial charge in [-0.2, -0.15) is 0 Å². The second kappa shape index (κ2) is 8.78. The van der Waals surface area contributed by atoms with Gasteiger partial charge < -0.3 is 10.1 Å². The number of carbonyl (C=O) groups excluding carboxylic acids is 1. The fourth-order valence-electron chi connectivity index (χ4n) is 3.74. The van der Waals surface area contributed by atoms with Crippen LogP contribution >= 0.6 is 22.9 Å². The van der Waals surface area contributed by atoms with Crippen LogP contribution < -0.4 is 15.6 Å². The van der Waals surface area contributed by atoms with Crippen LogP contribution in [-0.4, -0.2) is 22.1 Å². The monoisotopic (exact) mass is 445 g/mol. The number of benzene rings is 1. The first-order chi connectivity index (χ1) is 14.5. The third-order valence-electron chi connectivity index (χ3n) is 5.27. The third-order valence-corrected chi connectivity index (χ3v) is 6.69. The highest BCUT2D eigenvalue weighted by molar-refractivity contribution is 7.20. The number of thiophene rings is 1. The number of rotatable bonds is 5. The van der Waals surface area contributed by atoms with E-state index in [1.54, 1.807) is 22.8 Å². The van der Waals surface area contributed by atoms with Gasteiger partial charge >= 0.3 is 0 Å². The maximum absolute atomic E-state index is 13.1. The van der Waals surface area contributed by atoms with Crippen molar-refractivity contribution >= 4 is 44.7 Å². The van der Waals surface area contributed by atoms with Crippen LogP contribution in [-0.2, 0) is 13.0 Å². The van der Waals surface area contributed by atoms with Gasteiger partial charge in [-0.3, -0.25) is 14.2 Å². The quantitative estimate of drug-likeness (QED) is 0.586. The number of halogens is 1. The zero-order valence-electron chi connectivity index (χ0n) is 17.1. The Morgan fingerprint density at radius 1 is 1.33 bits per heavy atom. The highest BCUT2D eigenvalue weighted by Gasteiger charge is 2.23. The highest BCUT2D eigenvalue weighted by atomic mass is 35.5. The first kappa shape index (κ1) is 20.9. The lowest BCUT2D eigenvalue weighted by atomic mass is 10.2. The minimum Gasteiger partial charge on any atom is -0.491 e. The van der Waals surface area contributed by atoms with Crippen LogP contribution in [0.4, 0.5) is 5.69 Å². The van der Waals surface area contributed by atoms with Gasteiger partial charge in [-0.25, -0.2) is 4.98 Å². The molecule has 3 aromatic rings. The molecule has 0 saturated carbocycles. The average Bonchev–Trinajstić information content (AvgIpc) is 2.88. The number of aryl methyl sites for hydroxylation is 2. The molecule has 8 heteroatoms. The second-order valence-electron chi connectivity index (χ2n) is 7.47. The molecular weight excluding hydrogens is 422 g/mol. The number of carbonyl (C=O) groups is 1. The Kier molecular flexibility index (Phi) is 6.11. The molecule has 1 aliphatic heterocycles. The number of nitrogens with one attached hydrogen (secondary N) is 1. The molecule has 0 saturated heterocycles. The topological polar surface area (TPSA) is 73.2 Å². The van der Waals surface area contributed by atoms with Crippen molar-refractivity contribution in [3.05, 3.63) is 49.8 Å². The van der Waals surface area contributed by atoms with Gasteiger partial charge in [0.05, 0.1) is 22.6 Å². The highest BCUT2D eigenvalue weighted by Crippen LogP contribution is 2.32. The Bertz CT molecular complexity index is 1170. The molecule has 0 spiro atoms. The van der Waals surface area contributed by atoms with Crippen LogP contribution in [0.5, 0.6) is 5.75 Å². The molecule has 4 rings (SSSR count). The first-order valence-corrected chi connectivity index (χ1v) is 11.5. The summed E-state index contributed by atoms with van der Waals surface area (Å²) in [5.41, 5.74) is 1.14. The van der Waals surface area contributed by atoms with Crippen LogP contribution in [0.25, 0.3) is 10.2 Å². The summed E-state index contributed by atoms with van der Waals surface area (Å²) in [7, 11) is 0. The smallest absolute Gasteiger partial charge is 0.266 e. The molecule has 0 bridgehead atoms. The van der Waals surface area contributed by atoms with Crippen molar-refractivity contribution in [1.29, 1.82) is 0 Å². The van der Waals surface area contributed by atoms with Crippen LogP contribution in [0.2, 0.25) is 5.02 Å². The number of aromatic nitrogens is 2. The Labute approximate surface area is 183 Å². The molecule has 1 aliphatic rings. The molecule has 0 fully saturated rings. The number of ether oxygens (including phenoxy) is 1. The molecule has 2 aromatic heterocycles. The zero-order chi connectivity index (χ0) is 21.3. The summed E-state index contributed by atoms with van der Waals surface area (Å²) in [4.78, 5) is 32.1. The summed E-state index contributed by atoms with van der Waals surface area (Å²) in [5, 5.41) is 3.95. The van der Waals surface area contributed by atoms with E-state index >= 15 is 0 Å². The van der Waals surface area contributed by atoms with Gasteiger partial charge in [0.15, 0.2) is 0 Å². The van der Waals surface area contributed by atoms with Gasteiger partial charge in [0.2, 0.25) is 0 Å². The summed E-state index contributed by atoms with van der Waals surface area (Å²) in [6.07, 6.45) is 4.76. The lowest BCUT2D eigenvalue weighted by molar-refractivity contribution is 0.102. The minimum atomic E-state index is -0.293. The Hall–Kier alpha value is -2.38. The fourth-order valence-corrected chi connectivity index (χ4v) is 5.00. The lowest BCUT2D eigenvalue weighted by Crippen LogP contribution is -2.24. The predicted octanol–water partition coefficient (Wildman–Crippen LogP) is 5.19. The average molecular weight is 446 g/mol. The molecule has 3 heterocycles. The number of nitrogens with zero attached hydrogens (tertiary/aromatic N) is 2. The number of amides is 1. The number of anilines is 1. The second-order valence-corrected chi connectivity index (χ2v) is 8.91.